The van der Waals surface area contributed by atoms with E-state index in [1.807, 2.05) is 24.3 Å². The zero-order valence-corrected chi connectivity index (χ0v) is 19.0. The molecule has 7 nitrogen and oxygen atoms in total. The second-order valence-corrected chi connectivity index (χ2v) is 9.67. The van der Waals surface area contributed by atoms with Crippen molar-refractivity contribution >= 4 is 23.4 Å². The minimum atomic E-state index is -0.864. The fourth-order valence-corrected chi connectivity index (χ4v) is 6.11. The number of hydrogen-bond donors (Lipinski definition) is 1. The summed E-state index contributed by atoms with van der Waals surface area (Å²) in [4.78, 5) is 40.6. The van der Waals surface area contributed by atoms with Gasteiger partial charge in [-0.1, -0.05) is 12.2 Å². The van der Waals surface area contributed by atoms with Crippen LogP contribution in [0.3, 0.4) is 0 Å². The standard InChI is InChI=1S/C27H26N2O5/c1-14(29-26(31)23-19-11-12-20(22-13-21(19)22)24(23)27(29)32)25(30)28-15-3-5-17(6-4-15)34-18-9-7-16(33-2)8-10-18/h3-12,14,19-24H,13H2,1-2H3,(H,28,30)/t14-,19-,20-,21-,22+,23+,24+/m1/s1. The highest BCUT2D eigenvalue weighted by Crippen LogP contribution is 2.65. The molecule has 34 heavy (non-hydrogen) atoms. The Labute approximate surface area is 197 Å². The van der Waals surface area contributed by atoms with Gasteiger partial charge < -0.3 is 14.8 Å². The number of benzene rings is 2. The lowest BCUT2D eigenvalue weighted by Gasteiger charge is -2.37. The number of allylic oxidation sites excluding steroid dienone is 2. The Balaban J connectivity index is 1.11. The van der Waals surface area contributed by atoms with Gasteiger partial charge in [0.1, 0.15) is 23.3 Å². The van der Waals surface area contributed by atoms with Gasteiger partial charge in [0.25, 0.3) is 0 Å². The summed E-state index contributed by atoms with van der Waals surface area (Å²) >= 11 is 0. The molecule has 1 aliphatic heterocycles. The number of hydrogen-bond acceptors (Lipinski definition) is 5. The third-order valence-corrected chi connectivity index (χ3v) is 7.88. The summed E-state index contributed by atoms with van der Waals surface area (Å²) in [6.45, 7) is 1.62. The molecule has 3 fully saturated rings. The van der Waals surface area contributed by atoms with Crippen LogP contribution in [-0.4, -0.2) is 35.8 Å². The van der Waals surface area contributed by atoms with E-state index in [4.69, 9.17) is 9.47 Å². The molecule has 0 spiro atoms. The Morgan fingerprint density at radius 1 is 0.882 bits per heavy atom. The molecule has 2 aromatic carbocycles. The van der Waals surface area contributed by atoms with Crippen LogP contribution in [0, 0.1) is 35.5 Å². The average molecular weight is 459 g/mol. The predicted molar refractivity (Wildman–Crippen MR) is 124 cm³/mol. The van der Waals surface area contributed by atoms with Crippen LogP contribution in [0.4, 0.5) is 5.69 Å². The number of anilines is 1. The summed E-state index contributed by atoms with van der Waals surface area (Å²) in [6.07, 6.45) is 5.38. The minimum Gasteiger partial charge on any atom is -0.497 e. The molecule has 174 valence electrons. The van der Waals surface area contributed by atoms with Crippen molar-refractivity contribution in [2.24, 2.45) is 35.5 Å². The van der Waals surface area contributed by atoms with Crippen molar-refractivity contribution in [3.63, 3.8) is 0 Å². The molecule has 7 heteroatoms. The molecule has 1 heterocycles. The number of imide groups is 1. The first-order valence-corrected chi connectivity index (χ1v) is 11.7. The molecule has 7 atom stereocenters. The zero-order valence-electron chi connectivity index (χ0n) is 19.0. The van der Waals surface area contributed by atoms with E-state index in [0.717, 1.165) is 12.2 Å². The molecule has 5 aliphatic rings. The van der Waals surface area contributed by atoms with Crippen LogP contribution < -0.4 is 14.8 Å². The number of ether oxygens (including phenoxy) is 2. The summed E-state index contributed by atoms with van der Waals surface area (Å²) in [5.41, 5.74) is 0.568. The first kappa shape index (κ1) is 21.0. The van der Waals surface area contributed by atoms with E-state index in [1.165, 1.54) is 4.90 Å². The lowest BCUT2D eigenvalue weighted by atomic mass is 9.63. The lowest BCUT2D eigenvalue weighted by Crippen LogP contribution is -2.46. The predicted octanol–water partition coefficient (Wildman–Crippen LogP) is 3.87. The van der Waals surface area contributed by atoms with Gasteiger partial charge in [0.2, 0.25) is 17.7 Å². The van der Waals surface area contributed by atoms with Gasteiger partial charge >= 0.3 is 0 Å². The Morgan fingerprint density at radius 2 is 1.38 bits per heavy atom. The molecule has 1 N–H and O–H groups in total. The number of methoxy groups -OCH3 is 1. The summed E-state index contributed by atoms with van der Waals surface area (Å²) in [7, 11) is 1.61. The molecule has 0 aromatic heterocycles. The van der Waals surface area contributed by atoms with E-state index >= 15 is 0 Å². The lowest BCUT2D eigenvalue weighted by molar-refractivity contribution is -0.146. The van der Waals surface area contributed by atoms with Gasteiger partial charge in [-0.3, -0.25) is 19.3 Å². The molecule has 2 aromatic rings. The second kappa shape index (κ2) is 7.72. The van der Waals surface area contributed by atoms with E-state index in [-0.39, 0.29) is 41.4 Å². The molecular formula is C27H26N2O5. The number of nitrogens with zero attached hydrogens (tertiary/aromatic N) is 1. The Morgan fingerprint density at radius 3 is 1.91 bits per heavy atom. The van der Waals surface area contributed by atoms with Crippen molar-refractivity contribution in [1.29, 1.82) is 0 Å². The van der Waals surface area contributed by atoms with E-state index in [9.17, 15) is 14.4 Å². The molecule has 4 aliphatic carbocycles. The fourth-order valence-electron chi connectivity index (χ4n) is 6.11. The topological polar surface area (TPSA) is 84.9 Å². The van der Waals surface area contributed by atoms with Crippen LogP contribution in [0.15, 0.2) is 60.7 Å². The maximum atomic E-state index is 13.2. The van der Waals surface area contributed by atoms with Crippen molar-refractivity contribution in [3.8, 4) is 17.2 Å². The maximum absolute atomic E-state index is 13.2. The van der Waals surface area contributed by atoms with Gasteiger partial charge in [-0.05, 0) is 85.5 Å². The van der Waals surface area contributed by atoms with Crippen LogP contribution in [0.5, 0.6) is 17.2 Å². The third kappa shape index (κ3) is 3.22. The number of likely N-dealkylation sites (tertiary alicyclic amines) is 1. The molecule has 1 saturated heterocycles. The SMILES string of the molecule is COc1ccc(Oc2ccc(NC(=O)[C@@H](C)N3C(=O)[C@H]4[C@@H]5C=C[C@H]([C@@H]6C[C@H]56)[C@@H]4C3=O)cc2)cc1. The van der Waals surface area contributed by atoms with Crippen LogP contribution in [0.2, 0.25) is 0 Å². The van der Waals surface area contributed by atoms with Crippen molar-refractivity contribution in [2.75, 3.05) is 12.4 Å². The molecule has 2 bridgehead atoms. The molecule has 7 rings (SSSR count). The molecular weight excluding hydrogens is 432 g/mol. The van der Waals surface area contributed by atoms with Gasteiger partial charge in [-0.25, -0.2) is 0 Å². The van der Waals surface area contributed by atoms with Crippen LogP contribution in [0.1, 0.15) is 13.3 Å². The number of carbonyl (C=O) groups excluding carboxylic acids is 3. The first-order chi connectivity index (χ1) is 16.5. The van der Waals surface area contributed by atoms with Crippen LogP contribution in [-0.2, 0) is 14.4 Å². The van der Waals surface area contributed by atoms with E-state index < -0.39 is 6.04 Å². The molecule has 0 radical (unpaired) electrons. The van der Waals surface area contributed by atoms with E-state index in [1.54, 1.807) is 38.3 Å². The Kier molecular flexibility index (Phi) is 4.76. The van der Waals surface area contributed by atoms with Crippen molar-refractivity contribution in [1.82, 2.24) is 4.90 Å². The quantitative estimate of drug-likeness (QED) is 0.525. The number of nitrogens with one attached hydrogen (secondary N) is 1. The Hall–Kier alpha value is -3.61. The molecule has 0 unspecified atom stereocenters. The fraction of sp³-hybridized carbons (Fsp3) is 0.370. The average Bonchev–Trinajstić information content (AvgIpc) is 3.63. The number of rotatable bonds is 6. The second-order valence-electron chi connectivity index (χ2n) is 9.67. The minimum absolute atomic E-state index is 0.148. The van der Waals surface area contributed by atoms with Crippen LogP contribution >= 0.6 is 0 Å². The van der Waals surface area contributed by atoms with Crippen molar-refractivity contribution in [2.45, 2.75) is 19.4 Å². The third-order valence-electron chi connectivity index (χ3n) is 7.88. The van der Waals surface area contributed by atoms with Crippen LogP contribution in [0.25, 0.3) is 0 Å². The Bertz CT molecular complexity index is 1150. The summed E-state index contributed by atoms with van der Waals surface area (Å²) < 4.78 is 11.0. The zero-order chi connectivity index (χ0) is 23.6. The normalized spacial score (nSPS) is 31.1. The highest BCUT2D eigenvalue weighted by Gasteiger charge is 2.67. The summed E-state index contributed by atoms with van der Waals surface area (Å²) in [5.74, 6) is 2.05. The van der Waals surface area contributed by atoms with Gasteiger partial charge in [0, 0.05) is 5.69 Å². The maximum Gasteiger partial charge on any atom is 0.247 e. The van der Waals surface area contributed by atoms with Crippen molar-refractivity contribution < 1.29 is 23.9 Å². The van der Waals surface area contributed by atoms with Crippen molar-refractivity contribution in [3.05, 3.63) is 60.7 Å². The number of amides is 3. The summed E-state index contributed by atoms with van der Waals surface area (Å²) in [5, 5.41) is 2.83. The van der Waals surface area contributed by atoms with E-state index in [2.05, 4.69) is 17.5 Å². The molecule has 2 saturated carbocycles. The largest absolute Gasteiger partial charge is 0.497 e. The van der Waals surface area contributed by atoms with Gasteiger partial charge in [-0.15, -0.1) is 0 Å². The monoisotopic (exact) mass is 458 g/mol. The highest BCUT2D eigenvalue weighted by molar-refractivity contribution is 6.10. The molecule has 3 amide bonds. The van der Waals surface area contributed by atoms with Gasteiger partial charge in [0.15, 0.2) is 0 Å². The smallest absolute Gasteiger partial charge is 0.247 e. The van der Waals surface area contributed by atoms with Gasteiger partial charge in [-0.2, -0.15) is 0 Å². The highest BCUT2D eigenvalue weighted by atomic mass is 16.5. The summed E-state index contributed by atoms with van der Waals surface area (Å²) in [6, 6.07) is 13.3. The van der Waals surface area contributed by atoms with Gasteiger partial charge in [0.05, 0.1) is 18.9 Å². The first-order valence-electron chi connectivity index (χ1n) is 11.7. The van der Waals surface area contributed by atoms with E-state index in [0.29, 0.717) is 29.0 Å². The number of carbonyl (C=O) groups is 3.